The smallest absolute Gasteiger partial charge is 0.255 e. The van der Waals surface area contributed by atoms with Crippen molar-refractivity contribution in [3.63, 3.8) is 0 Å². The van der Waals surface area contributed by atoms with Crippen molar-refractivity contribution in [1.82, 2.24) is 15.0 Å². The lowest BCUT2D eigenvalue weighted by Gasteiger charge is -2.09. The molecule has 1 amide bonds. The van der Waals surface area contributed by atoms with Crippen LogP contribution in [0.4, 0.5) is 5.69 Å². The number of nitrogens with zero attached hydrogens (tertiary/aromatic N) is 2. The van der Waals surface area contributed by atoms with E-state index in [-0.39, 0.29) is 11.7 Å². The van der Waals surface area contributed by atoms with Crippen molar-refractivity contribution in [3.8, 4) is 39.9 Å². The summed E-state index contributed by atoms with van der Waals surface area (Å²) in [6.45, 7) is 0. The number of aromatic nitrogens is 3. The molecule has 0 saturated heterocycles. The number of benzene rings is 3. The fraction of sp³-hybridized carbons (Fsp3) is 0.0741. The van der Waals surface area contributed by atoms with Crippen molar-refractivity contribution >= 4 is 22.6 Å². The van der Waals surface area contributed by atoms with Crippen LogP contribution < -0.4 is 14.8 Å². The van der Waals surface area contributed by atoms with Gasteiger partial charge >= 0.3 is 0 Å². The molecule has 8 nitrogen and oxygen atoms in total. The van der Waals surface area contributed by atoms with E-state index in [9.17, 15) is 9.90 Å². The van der Waals surface area contributed by atoms with Crippen molar-refractivity contribution in [2.45, 2.75) is 0 Å². The van der Waals surface area contributed by atoms with Crippen molar-refractivity contribution in [3.05, 3.63) is 84.6 Å². The van der Waals surface area contributed by atoms with Gasteiger partial charge < -0.3 is 24.9 Å². The maximum atomic E-state index is 12.9. The van der Waals surface area contributed by atoms with Gasteiger partial charge in [0.15, 0.2) is 0 Å². The number of hydrogen-bond donors (Lipinski definition) is 3. The molecule has 0 bridgehead atoms. The van der Waals surface area contributed by atoms with Gasteiger partial charge in [0, 0.05) is 17.3 Å². The highest BCUT2D eigenvalue weighted by molar-refractivity contribution is 6.06. The van der Waals surface area contributed by atoms with E-state index in [0.717, 1.165) is 11.1 Å². The first kappa shape index (κ1) is 22.0. The van der Waals surface area contributed by atoms with E-state index >= 15 is 0 Å². The van der Waals surface area contributed by atoms with E-state index in [1.807, 2.05) is 30.3 Å². The number of phenolic OH excluding ortho intramolecular Hbond substituents is 1. The number of rotatable bonds is 6. The Morgan fingerprint density at radius 3 is 2.63 bits per heavy atom. The normalized spacial score (nSPS) is 10.8. The summed E-state index contributed by atoms with van der Waals surface area (Å²) >= 11 is 0. The molecule has 2 heterocycles. The molecule has 2 aromatic heterocycles. The van der Waals surface area contributed by atoms with Crippen LogP contribution in [0.25, 0.3) is 33.5 Å². The van der Waals surface area contributed by atoms with E-state index < -0.39 is 0 Å². The zero-order valence-corrected chi connectivity index (χ0v) is 19.1. The van der Waals surface area contributed by atoms with Crippen LogP contribution in [0, 0.1) is 0 Å². The maximum Gasteiger partial charge on any atom is 0.255 e. The summed E-state index contributed by atoms with van der Waals surface area (Å²) in [6, 6.07) is 21.3. The molecule has 0 atom stereocenters. The maximum absolute atomic E-state index is 12.9. The minimum absolute atomic E-state index is 0.0739. The number of pyridine rings is 1. The Kier molecular flexibility index (Phi) is 5.76. The Morgan fingerprint density at radius 2 is 1.80 bits per heavy atom. The van der Waals surface area contributed by atoms with Gasteiger partial charge in [-0.1, -0.05) is 18.2 Å². The molecule has 8 heteroatoms. The average molecular weight is 466 g/mol. The quantitative estimate of drug-likeness (QED) is 0.315. The van der Waals surface area contributed by atoms with Crippen LogP contribution in [-0.2, 0) is 0 Å². The molecule has 0 aliphatic heterocycles. The van der Waals surface area contributed by atoms with Crippen LogP contribution in [0.2, 0.25) is 0 Å². The minimum atomic E-state index is -0.277. The first-order chi connectivity index (χ1) is 17.1. The second kappa shape index (κ2) is 9.18. The van der Waals surface area contributed by atoms with Gasteiger partial charge in [0.05, 0.1) is 36.5 Å². The van der Waals surface area contributed by atoms with Crippen molar-refractivity contribution < 1.29 is 19.4 Å². The predicted molar refractivity (Wildman–Crippen MR) is 134 cm³/mol. The molecular weight excluding hydrogens is 444 g/mol. The third-order valence-corrected chi connectivity index (χ3v) is 5.63. The van der Waals surface area contributed by atoms with Crippen LogP contribution in [0.5, 0.6) is 17.4 Å². The summed E-state index contributed by atoms with van der Waals surface area (Å²) < 4.78 is 10.7. The van der Waals surface area contributed by atoms with Crippen LogP contribution >= 0.6 is 0 Å². The number of imidazole rings is 1. The van der Waals surface area contributed by atoms with Crippen LogP contribution in [0.1, 0.15) is 10.4 Å². The van der Waals surface area contributed by atoms with E-state index in [0.29, 0.717) is 45.3 Å². The molecule has 0 aliphatic rings. The molecule has 0 radical (unpaired) electrons. The van der Waals surface area contributed by atoms with Crippen LogP contribution in [0.3, 0.4) is 0 Å². The number of fused-ring (bicyclic) bond motifs is 1. The number of aromatic hydroxyl groups is 1. The Bertz CT molecular complexity index is 1540. The van der Waals surface area contributed by atoms with Crippen molar-refractivity contribution in [1.29, 1.82) is 0 Å². The molecule has 3 aromatic carbocycles. The standard InChI is InChI=1S/C27H22N4O4/c1-34-24-8-4-3-7-21(24)31-26(33)17-9-11-20-22(15-17)30-25(29-20)19-14-16(10-12-23(19)32)18-6-5-13-28-27(18)35-2/h3-15,32H,1-2H3,(H,29,30)(H,31,33). The number of carbonyl (C=O) groups excluding carboxylic acids is 1. The lowest BCUT2D eigenvalue weighted by atomic mass is 10.0. The van der Waals surface area contributed by atoms with Gasteiger partial charge in [0.1, 0.15) is 17.3 Å². The average Bonchev–Trinajstić information content (AvgIpc) is 3.32. The SMILES string of the molecule is COc1ccccc1NC(=O)c1ccc2nc(-c3cc(-c4cccnc4OC)ccc3O)[nH]c2c1. The van der Waals surface area contributed by atoms with Gasteiger partial charge in [-0.25, -0.2) is 9.97 Å². The fourth-order valence-corrected chi connectivity index (χ4v) is 3.89. The Hall–Kier alpha value is -4.85. The molecule has 0 unspecified atom stereocenters. The minimum Gasteiger partial charge on any atom is -0.507 e. The van der Waals surface area contributed by atoms with Gasteiger partial charge in [-0.15, -0.1) is 0 Å². The van der Waals surface area contributed by atoms with E-state index in [1.54, 1.807) is 62.9 Å². The molecule has 0 saturated carbocycles. The second-order valence-corrected chi connectivity index (χ2v) is 7.76. The largest absolute Gasteiger partial charge is 0.507 e. The predicted octanol–water partition coefficient (Wildman–Crippen LogP) is 5.27. The molecule has 0 fully saturated rings. The first-order valence-corrected chi connectivity index (χ1v) is 10.8. The number of anilines is 1. The summed E-state index contributed by atoms with van der Waals surface area (Å²) in [5.74, 6) is 1.33. The molecule has 3 N–H and O–H groups in total. The molecule has 0 spiro atoms. The van der Waals surface area contributed by atoms with Gasteiger partial charge in [0.25, 0.3) is 5.91 Å². The summed E-state index contributed by atoms with van der Waals surface area (Å²) in [6.07, 6.45) is 1.66. The highest BCUT2D eigenvalue weighted by Gasteiger charge is 2.16. The molecule has 174 valence electrons. The van der Waals surface area contributed by atoms with Crippen molar-refractivity contribution in [2.24, 2.45) is 0 Å². The third-order valence-electron chi connectivity index (χ3n) is 5.63. The number of H-pyrrole nitrogens is 1. The van der Waals surface area contributed by atoms with E-state index in [1.165, 1.54) is 0 Å². The van der Waals surface area contributed by atoms with E-state index in [4.69, 9.17) is 9.47 Å². The summed E-state index contributed by atoms with van der Waals surface area (Å²) in [5, 5.41) is 13.4. The Morgan fingerprint density at radius 1 is 0.943 bits per heavy atom. The zero-order chi connectivity index (χ0) is 24.4. The summed E-state index contributed by atoms with van der Waals surface area (Å²) in [5.41, 5.74) is 4.50. The first-order valence-electron chi connectivity index (χ1n) is 10.8. The number of methoxy groups -OCH3 is 2. The highest BCUT2D eigenvalue weighted by atomic mass is 16.5. The molecule has 0 aliphatic carbocycles. The lowest BCUT2D eigenvalue weighted by molar-refractivity contribution is 0.102. The number of hydrogen-bond acceptors (Lipinski definition) is 6. The summed E-state index contributed by atoms with van der Waals surface area (Å²) in [7, 11) is 3.12. The van der Waals surface area contributed by atoms with Crippen LogP contribution in [-0.4, -0.2) is 40.2 Å². The van der Waals surface area contributed by atoms with Gasteiger partial charge in [0.2, 0.25) is 5.88 Å². The second-order valence-electron chi connectivity index (χ2n) is 7.76. The van der Waals surface area contributed by atoms with E-state index in [2.05, 4.69) is 20.3 Å². The number of para-hydroxylation sites is 2. The monoisotopic (exact) mass is 466 g/mol. The third kappa shape index (κ3) is 4.24. The Labute approximate surface area is 201 Å². The van der Waals surface area contributed by atoms with Gasteiger partial charge in [-0.2, -0.15) is 0 Å². The van der Waals surface area contributed by atoms with Gasteiger partial charge in [-0.05, 0) is 60.2 Å². The number of ether oxygens (including phenoxy) is 2. The summed E-state index contributed by atoms with van der Waals surface area (Å²) in [4.78, 5) is 24.9. The number of aromatic amines is 1. The zero-order valence-electron chi connectivity index (χ0n) is 19.1. The number of amides is 1. The van der Waals surface area contributed by atoms with Crippen molar-refractivity contribution in [2.75, 3.05) is 19.5 Å². The number of nitrogens with one attached hydrogen (secondary N) is 2. The molecule has 35 heavy (non-hydrogen) atoms. The fourth-order valence-electron chi connectivity index (χ4n) is 3.89. The molecule has 5 rings (SSSR count). The Balaban J connectivity index is 1.48. The highest BCUT2D eigenvalue weighted by Crippen LogP contribution is 2.35. The van der Waals surface area contributed by atoms with Crippen LogP contribution in [0.15, 0.2) is 79.0 Å². The number of carbonyl (C=O) groups is 1. The topological polar surface area (TPSA) is 109 Å². The molecule has 5 aromatic rings. The molecular formula is C27H22N4O4. The lowest BCUT2D eigenvalue weighted by Crippen LogP contribution is -2.12. The number of phenols is 1. The van der Waals surface area contributed by atoms with Gasteiger partial charge in [-0.3, -0.25) is 4.79 Å².